The Kier molecular flexibility index (Phi) is 6.41. The van der Waals surface area contributed by atoms with E-state index in [1.807, 2.05) is 0 Å². The fourth-order valence-corrected chi connectivity index (χ4v) is 3.39. The van der Waals surface area contributed by atoms with Gasteiger partial charge in [-0.05, 0) is 55.5 Å². The Hall–Kier alpha value is -3.69. The van der Waals surface area contributed by atoms with E-state index in [9.17, 15) is 23.1 Å². The van der Waals surface area contributed by atoms with E-state index in [1.165, 1.54) is 24.4 Å². The SMILES string of the molecule is Cc1ncc(CO)c2cc(C(=O)Nc3cccc(C(F)(F)F)c3)c(=Nc3ccc(Cl)cc3)oc12. The Balaban J connectivity index is 1.87. The van der Waals surface area contributed by atoms with Gasteiger partial charge in [-0.3, -0.25) is 9.78 Å². The molecule has 2 aromatic heterocycles. The predicted octanol–water partition coefficient (Wildman–Crippen LogP) is 5.79. The molecule has 0 fully saturated rings. The number of fused-ring (bicyclic) bond motifs is 1. The number of pyridine rings is 1. The lowest BCUT2D eigenvalue weighted by Gasteiger charge is -2.11. The number of alkyl halides is 3. The van der Waals surface area contributed by atoms with E-state index in [0.29, 0.717) is 32.9 Å². The number of nitrogens with one attached hydrogen (secondary N) is 1. The molecule has 0 spiro atoms. The van der Waals surface area contributed by atoms with Crippen LogP contribution in [-0.2, 0) is 12.8 Å². The lowest BCUT2D eigenvalue weighted by atomic mass is 10.1. The van der Waals surface area contributed by atoms with E-state index in [2.05, 4.69) is 15.3 Å². The summed E-state index contributed by atoms with van der Waals surface area (Å²) in [4.78, 5) is 21.7. The number of carbonyl (C=O) groups excluding carboxylic acids is 1. The first-order chi connectivity index (χ1) is 16.2. The molecule has 174 valence electrons. The highest BCUT2D eigenvalue weighted by Crippen LogP contribution is 2.31. The van der Waals surface area contributed by atoms with Crippen LogP contribution in [-0.4, -0.2) is 16.0 Å². The number of aliphatic hydroxyl groups is 1. The second kappa shape index (κ2) is 9.28. The van der Waals surface area contributed by atoms with E-state index in [1.54, 1.807) is 31.2 Å². The van der Waals surface area contributed by atoms with Crippen LogP contribution in [0.2, 0.25) is 5.02 Å². The molecule has 1 amide bonds. The molecule has 6 nitrogen and oxygen atoms in total. The van der Waals surface area contributed by atoms with E-state index in [4.69, 9.17) is 16.0 Å². The molecular formula is C24H17ClF3N3O3. The van der Waals surface area contributed by atoms with Crippen LogP contribution < -0.4 is 10.9 Å². The van der Waals surface area contributed by atoms with Crippen molar-refractivity contribution in [2.75, 3.05) is 5.32 Å². The van der Waals surface area contributed by atoms with Crippen LogP contribution in [0.4, 0.5) is 24.5 Å². The third-order valence-corrected chi connectivity index (χ3v) is 5.22. The zero-order valence-electron chi connectivity index (χ0n) is 17.7. The van der Waals surface area contributed by atoms with Crippen molar-refractivity contribution in [1.82, 2.24) is 4.98 Å². The van der Waals surface area contributed by atoms with Gasteiger partial charge in [-0.15, -0.1) is 0 Å². The zero-order valence-corrected chi connectivity index (χ0v) is 18.4. The summed E-state index contributed by atoms with van der Waals surface area (Å²) in [6.07, 6.45) is -3.10. The van der Waals surface area contributed by atoms with Crippen LogP contribution in [0.1, 0.15) is 27.2 Å². The lowest BCUT2D eigenvalue weighted by Crippen LogP contribution is -2.22. The zero-order chi connectivity index (χ0) is 24.5. The van der Waals surface area contributed by atoms with E-state index >= 15 is 0 Å². The minimum absolute atomic E-state index is 0.0415. The summed E-state index contributed by atoms with van der Waals surface area (Å²) in [5, 5.41) is 13.1. The Labute approximate surface area is 196 Å². The Bertz CT molecular complexity index is 1450. The first-order valence-corrected chi connectivity index (χ1v) is 10.4. The van der Waals surface area contributed by atoms with Gasteiger partial charge in [0.25, 0.3) is 5.91 Å². The molecule has 0 aliphatic rings. The van der Waals surface area contributed by atoms with Gasteiger partial charge in [-0.1, -0.05) is 17.7 Å². The summed E-state index contributed by atoms with van der Waals surface area (Å²) in [5.41, 5.74) is 0.591. The minimum atomic E-state index is -4.56. The molecule has 0 bridgehead atoms. The van der Waals surface area contributed by atoms with Crippen LogP contribution >= 0.6 is 11.6 Å². The average Bonchev–Trinajstić information content (AvgIpc) is 2.80. The predicted molar refractivity (Wildman–Crippen MR) is 121 cm³/mol. The summed E-state index contributed by atoms with van der Waals surface area (Å²) in [6, 6.07) is 12.2. The summed E-state index contributed by atoms with van der Waals surface area (Å²) in [5.74, 6) is -0.740. The minimum Gasteiger partial charge on any atom is -0.436 e. The normalized spacial score (nSPS) is 12.2. The molecule has 0 radical (unpaired) electrons. The lowest BCUT2D eigenvalue weighted by molar-refractivity contribution is -0.137. The van der Waals surface area contributed by atoms with Crippen LogP contribution in [0.3, 0.4) is 0 Å². The number of rotatable bonds is 4. The molecule has 0 saturated heterocycles. The van der Waals surface area contributed by atoms with Crippen LogP contribution in [0.5, 0.6) is 0 Å². The second-order valence-electron chi connectivity index (χ2n) is 7.36. The molecule has 0 aliphatic heterocycles. The second-order valence-corrected chi connectivity index (χ2v) is 7.79. The molecule has 10 heteroatoms. The van der Waals surface area contributed by atoms with E-state index < -0.39 is 17.6 Å². The van der Waals surface area contributed by atoms with Crippen molar-refractivity contribution in [2.45, 2.75) is 19.7 Å². The summed E-state index contributed by atoms with van der Waals surface area (Å²) in [7, 11) is 0. The summed E-state index contributed by atoms with van der Waals surface area (Å²) in [6.45, 7) is 1.34. The number of nitrogens with zero attached hydrogens (tertiary/aromatic N) is 2. The molecule has 34 heavy (non-hydrogen) atoms. The smallest absolute Gasteiger partial charge is 0.416 e. The van der Waals surface area contributed by atoms with E-state index in [0.717, 1.165) is 12.1 Å². The van der Waals surface area contributed by atoms with Crippen molar-refractivity contribution in [3.8, 4) is 0 Å². The quantitative estimate of drug-likeness (QED) is 0.381. The van der Waals surface area contributed by atoms with Crippen molar-refractivity contribution in [3.05, 3.63) is 93.8 Å². The summed E-state index contributed by atoms with van der Waals surface area (Å²) >= 11 is 5.92. The molecule has 0 aliphatic carbocycles. The van der Waals surface area contributed by atoms with Gasteiger partial charge >= 0.3 is 6.18 Å². The third kappa shape index (κ3) is 4.95. The van der Waals surface area contributed by atoms with Crippen molar-refractivity contribution in [2.24, 2.45) is 4.99 Å². The molecule has 4 aromatic rings. The Morgan fingerprint density at radius 1 is 1.18 bits per heavy atom. The third-order valence-electron chi connectivity index (χ3n) is 4.97. The maximum absolute atomic E-state index is 13.2. The van der Waals surface area contributed by atoms with Gasteiger partial charge in [-0.25, -0.2) is 4.99 Å². The number of carbonyl (C=O) groups is 1. The highest BCUT2D eigenvalue weighted by molar-refractivity contribution is 6.30. The number of aliphatic hydroxyl groups excluding tert-OH is 1. The number of aromatic nitrogens is 1. The van der Waals surface area contributed by atoms with Crippen molar-refractivity contribution in [1.29, 1.82) is 0 Å². The standard InChI is InChI=1S/C24H17ClF3N3O3/c1-13-21-19(14(12-32)11-29-13)10-20(23(34-21)31-17-7-5-16(25)6-8-17)22(33)30-18-4-2-3-15(9-18)24(26,27)28/h2-11,32H,12H2,1H3,(H,30,33). The van der Waals surface area contributed by atoms with Gasteiger partial charge in [0.15, 0.2) is 5.58 Å². The number of hydrogen-bond acceptors (Lipinski definition) is 5. The van der Waals surface area contributed by atoms with Crippen molar-refractivity contribution >= 4 is 39.9 Å². The molecule has 2 N–H and O–H groups in total. The van der Waals surface area contributed by atoms with Crippen LogP contribution in [0, 0.1) is 6.92 Å². The Morgan fingerprint density at radius 2 is 1.91 bits per heavy atom. The molecule has 0 atom stereocenters. The molecule has 4 rings (SSSR count). The van der Waals surface area contributed by atoms with E-state index in [-0.39, 0.29) is 23.4 Å². The molecule has 2 aromatic carbocycles. The monoisotopic (exact) mass is 487 g/mol. The number of benzene rings is 2. The number of hydrogen-bond donors (Lipinski definition) is 2. The average molecular weight is 488 g/mol. The fourth-order valence-electron chi connectivity index (χ4n) is 3.26. The highest BCUT2D eigenvalue weighted by Gasteiger charge is 2.30. The van der Waals surface area contributed by atoms with Gasteiger partial charge < -0.3 is 14.8 Å². The highest BCUT2D eigenvalue weighted by atomic mass is 35.5. The van der Waals surface area contributed by atoms with Gasteiger partial charge in [0.1, 0.15) is 5.56 Å². The topological polar surface area (TPSA) is 87.7 Å². The molecular weight excluding hydrogens is 471 g/mol. The summed E-state index contributed by atoms with van der Waals surface area (Å²) < 4.78 is 45.2. The first kappa shape index (κ1) is 23.5. The maximum Gasteiger partial charge on any atom is 0.416 e. The first-order valence-electron chi connectivity index (χ1n) is 9.98. The largest absolute Gasteiger partial charge is 0.436 e. The van der Waals surface area contributed by atoms with Crippen LogP contribution in [0.15, 0.2) is 70.2 Å². The number of amides is 1. The number of aryl methyl sites for hydroxylation is 1. The molecule has 2 heterocycles. The maximum atomic E-state index is 13.2. The van der Waals surface area contributed by atoms with Gasteiger partial charge in [-0.2, -0.15) is 13.2 Å². The molecule has 0 saturated carbocycles. The number of anilines is 1. The fraction of sp³-hybridized carbons (Fsp3) is 0.125. The van der Waals surface area contributed by atoms with Crippen molar-refractivity contribution < 1.29 is 27.5 Å². The Morgan fingerprint density at radius 3 is 2.59 bits per heavy atom. The van der Waals surface area contributed by atoms with Gasteiger partial charge in [0, 0.05) is 27.9 Å². The molecule has 0 unspecified atom stereocenters. The number of halogens is 4. The van der Waals surface area contributed by atoms with Gasteiger partial charge in [0.05, 0.1) is 23.6 Å². The van der Waals surface area contributed by atoms with Gasteiger partial charge in [0.2, 0.25) is 5.55 Å². The van der Waals surface area contributed by atoms with Crippen molar-refractivity contribution in [3.63, 3.8) is 0 Å². The van der Waals surface area contributed by atoms with Crippen LogP contribution in [0.25, 0.3) is 11.0 Å².